The molecule has 0 aliphatic heterocycles. The van der Waals surface area contributed by atoms with E-state index in [2.05, 4.69) is 25.5 Å². The van der Waals surface area contributed by atoms with Crippen LogP contribution in [-0.4, -0.2) is 34.9 Å². The van der Waals surface area contributed by atoms with Gasteiger partial charge in [-0.3, -0.25) is 4.79 Å². The molecule has 178 valence electrons. The lowest BCUT2D eigenvalue weighted by molar-refractivity contribution is 0.00828. The van der Waals surface area contributed by atoms with Crippen LogP contribution in [0.4, 0.5) is 13.2 Å². The first-order valence-electron chi connectivity index (χ1n) is 10.6. The first kappa shape index (κ1) is 21.6. The third-order valence-corrected chi connectivity index (χ3v) is 6.11. The fourth-order valence-corrected chi connectivity index (χ4v) is 3.97. The van der Waals surface area contributed by atoms with Gasteiger partial charge in [0.1, 0.15) is 16.9 Å². The highest BCUT2D eigenvalue weighted by atomic mass is 35.5. The number of carbonyl (C=O) groups excluding carboxylic acids is 1. The lowest BCUT2D eigenvalue weighted by Crippen LogP contribution is -2.23. The van der Waals surface area contributed by atoms with Crippen molar-refractivity contribution in [3.05, 3.63) is 82.7 Å². The zero-order valence-electron chi connectivity index (χ0n) is 17.8. The van der Waals surface area contributed by atoms with Crippen molar-refractivity contribution in [2.24, 2.45) is 0 Å². The summed E-state index contributed by atoms with van der Waals surface area (Å²) in [6.45, 7) is -0.226. The second-order valence-corrected chi connectivity index (χ2v) is 8.63. The Morgan fingerprint density at radius 2 is 2.03 bits per heavy atom. The van der Waals surface area contributed by atoms with E-state index in [1.807, 2.05) is 6.07 Å². The number of rotatable bonds is 6. The molecule has 0 spiro atoms. The number of hydrogen-bond donors (Lipinski definition) is 1. The molecule has 0 bridgehead atoms. The van der Waals surface area contributed by atoms with Crippen molar-refractivity contribution in [1.82, 2.24) is 34.3 Å². The zero-order chi connectivity index (χ0) is 24.3. The molecule has 5 aromatic heterocycles. The Labute approximate surface area is 199 Å². The maximum atomic E-state index is 15.1. The molecule has 5 aromatic rings. The van der Waals surface area contributed by atoms with Gasteiger partial charge in [-0.1, -0.05) is 17.7 Å². The van der Waals surface area contributed by atoms with Gasteiger partial charge in [0.2, 0.25) is 0 Å². The van der Waals surface area contributed by atoms with Crippen LogP contribution >= 0.6 is 11.6 Å². The molecule has 0 atom stereocenters. The molecule has 6 rings (SSSR count). The van der Waals surface area contributed by atoms with Gasteiger partial charge in [-0.05, 0) is 36.5 Å². The molecular formula is C22H15ClF3N7O2. The van der Waals surface area contributed by atoms with E-state index in [9.17, 15) is 9.18 Å². The SMILES string of the molecule is O=C(NCc1ncn2ccc(Cl)c(F)c12)c1nnc(C(F)(F)c2cn3cc(C4CC4)ccc3n2)o1. The molecule has 0 saturated heterocycles. The highest BCUT2D eigenvalue weighted by molar-refractivity contribution is 6.31. The number of pyridine rings is 2. The molecule has 0 aromatic carbocycles. The number of aromatic nitrogens is 6. The molecule has 1 N–H and O–H groups in total. The summed E-state index contributed by atoms with van der Waals surface area (Å²) in [6.07, 6.45) is 8.00. The molecule has 0 radical (unpaired) electrons. The van der Waals surface area contributed by atoms with E-state index in [0.717, 1.165) is 18.4 Å². The van der Waals surface area contributed by atoms with Crippen molar-refractivity contribution in [2.45, 2.75) is 31.2 Å². The number of amides is 1. The fraction of sp³-hybridized carbons (Fsp3) is 0.227. The average Bonchev–Trinajstić information content (AvgIpc) is 3.24. The third kappa shape index (κ3) is 3.70. The van der Waals surface area contributed by atoms with Crippen molar-refractivity contribution in [1.29, 1.82) is 0 Å². The molecule has 1 fully saturated rings. The Bertz CT molecular complexity index is 1610. The van der Waals surface area contributed by atoms with Gasteiger partial charge in [0.25, 0.3) is 5.89 Å². The van der Waals surface area contributed by atoms with Gasteiger partial charge in [-0.2, -0.15) is 8.78 Å². The predicted octanol–water partition coefficient (Wildman–Crippen LogP) is 4.11. The van der Waals surface area contributed by atoms with Crippen LogP contribution in [0.25, 0.3) is 11.2 Å². The van der Waals surface area contributed by atoms with Gasteiger partial charge < -0.3 is 18.5 Å². The van der Waals surface area contributed by atoms with E-state index in [1.54, 1.807) is 12.3 Å². The number of nitrogens with one attached hydrogen (secondary N) is 1. The Morgan fingerprint density at radius 1 is 1.20 bits per heavy atom. The van der Waals surface area contributed by atoms with Crippen molar-refractivity contribution in [3.63, 3.8) is 0 Å². The van der Waals surface area contributed by atoms with Crippen molar-refractivity contribution in [2.75, 3.05) is 0 Å². The van der Waals surface area contributed by atoms with Crippen LogP contribution in [0.15, 0.2) is 47.5 Å². The molecule has 1 aliphatic rings. The quantitative estimate of drug-likeness (QED) is 0.376. The van der Waals surface area contributed by atoms with Crippen LogP contribution in [0.5, 0.6) is 0 Å². The normalized spacial score (nSPS) is 14.2. The smallest absolute Gasteiger partial charge is 0.367 e. The lowest BCUT2D eigenvalue weighted by atomic mass is 10.2. The number of imidazole rings is 2. The average molecular weight is 502 g/mol. The summed E-state index contributed by atoms with van der Waals surface area (Å²) in [7, 11) is 0. The highest BCUT2D eigenvalue weighted by Crippen LogP contribution is 2.40. The first-order chi connectivity index (χ1) is 16.8. The summed E-state index contributed by atoms with van der Waals surface area (Å²) in [6, 6.07) is 4.92. The van der Waals surface area contributed by atoms with Crippen LogP contribution in [0, 0.1) is 5.82 Å². The molecule has 1 saturated carbocycles. The van der Waals surface area contributed by atoms with Gasteiger partial charge in [0.05, 0.1) is 23.6 Å². The molecule has 13 heteroatoms. The minimum atomic E-state index is -3.72. The van der Waals surface area contributed by atoms with E-state index >= 15 is 8.78 Å². The summed E-state index contributed by atoms with van der Waals surface area (Å²) in [5.41, 5.74) is 1.08. The summed E-state index contributed by atoms with van der Waals surface area (Å²) in [4.78, 5) is 20.4. The molecule has 35 heavy (non-hydrogen) atoms. The van der Waals surface area contributed by atoms with Gasteiger partial charge in [0, 0.05) is 18.6 Å². The standard InChI is InChI=1S/C22H15ClF3N7O2/c23-13-5-6-32-10-28-14(18(32)17(13)24)7-27-19(34)20-30-31-21(35-20)22(25,26)15-9-33-8-12(11-1-2-11)3-4-16(33)29-15/h3-6,8-11H,1-2,7H2,(H,27,34). The van der Waals surface area contributed by atoms with Crippen LogP contribution in [0.3, 0.4) is 0 Å². The number of carbonyl (C=O) groups is 1. The summed E-state index contributed by atoms with van der Waals surface area (Å²) >= 11 is 5.81. The van der Waals surface area contributed by atoms with Crippen LogP contribution in [0.1, 0.15) is 52.3 Å². The molecule has 9 nitrogen and oxygen atoms in total. The molecule has 5 heterocycles. The Hall–Kier alpha value is -3.93. The lowest BCUT2D eigenvalue weighted by Gasteiger charge is -2.07. The number of fused-ring (bicyclic) bond motifs is 2. The molecule has 1 aliphatic carbocycles. The molecular weight excluding hydrogens is 487 g/mol. The Balaban J connectivity index is 1.21. The zero-order valence-corrected chi connectivity index (χ0v) is 18.5. The summed E-state index contributed by atoms with van der Waals surface area (Å²) in [5, 5.41) is 9.09. The maximum Gasteiger partial charge on any atom is 0.367 e. The number of nitrogens with zero attached hydrogens (tertiary/aromatic N) is 6. The van der Waals surface area contributed by atoms with Crippen molar-refractivity contribution in [3.8, 4) is 0 Å². The van der Waals surface area contributed by atoms with Crippen LogP contribution in [0.2, 0.25) is 5.02 Å². The number of hydrogen-bond acceptors (Lipinski definition) is 6. The second kappa shape index (κ2) is 7.80. The van der Waals surface area contributed by atoms with Crippen molar-refractivity contribution < 1.29 is 22.4 Å². The van der Waals surface area contributed by atoms with Crippen molar-refractivity contribution >= 4 is 28.7 Å². The third-order valence-electron chi connectivity index (χ3n) is 5.82. The van der Waals surface area contributed by atoms with Crippen LogP contribution in [-0.2, 0) is 12.5 Å². The van der Waals surface area contributed by atoms with Gasteiger partial charge in [0.15, 0.2) is 5.82 Å². The maximum absolute atomic E-state index is 15.1. The minimum Gasteiger partial charge on any atom is -0.411 e. The van der Waals surface area contributed by atoms with E-state index in [-0.39, 0.29) is 22.8 Å². The summed E-state index contributed by atoms with van der Waals surface area (Å²) in [5.74, 6) is -6.65. The monoisotopic (exact) mass is 501 g/mol. The fourth-order valence-electron chi connectivity index (χ4n) is 3.82. The first-order valence-corrected chi connectivity index (χ1v) is 11.0. The number of alkyl halides is 2. The van der Waals surface area contributed by atoms with E-state index in [1.165, 1.54) is 33.6 Å². The summed E-state index contributed by atoms with van der Waals surface area (Å²) < 4.78 is 52.4. The van der Waals surface area contributed by atoms with Gasteiger partial charge in [-0.25, -0.2) is 14.4 Å². The Kier molecular flexibility index (Phi) is 4.81. The van der Waals surface area contributed by atoms with E-state index < -0.39 is 35.1 Å². The topological polar surface area (TPSA) is 103 Å². The highest BCUT2D eigenvalue weighted by Gasteiger charge is 2.43. The largest absolute Gasteiger partial charge is 0.411 e. The van der Waals surface area contributed by atoms with Gasteiger partial charge in [-0.15, -0.1) is 10.2 Å². The van der Waals surface area contributed by atoms with Gasteiger partial charge >= 0.3 is 17.7 Å². The van der Waals surface area contributed by atoms with Crippen LogP contribution < -0.4 is 5.32 Å². The molecule has 0 unspecified atom stereocenters. The second-order valence-electron chi connectivity index (χ2n) is 8.22. The van der Waals surface area contributed by atoms with E-state index in [4.69, 9.17) is 16.0 Å². The molecule has 1 amide bonds. The Morgan fingerprint density at radius 3 is 2.83 bits per heavy atom. The minimum absolute atomic E-state index is 0.0762. The van der Waals surface area contributed by atoms with E-state index in [0.29, 0.717) is 11.6 Å². The number of halogens is 4. The predicted molar refractivity (Wildman–Crippen MR) is 116 cm³/mol.